The third-order valence-corrected chi connectivity index (χ3v) is 3.16. The van der Waals surface area contributed by atoms with Gasteiger partial charge in [-0.25, -0.2) is 9.78 Å². The van der Waals surface area contributed by atoms with Gasteiger partial charge in [0, 0.05) is 13.1 Å². The van der Waals surface area contributed by atoms with Crippen molar-refractivity contribution in [3.8, 4) is 0 Å². The molecule has 110 valence electrons. The van der Waals surface area contributed by atoms with Crippen LogP contribution in [-0.2, 0) is 13.1 Å². The van der Waals surface area contributed by atoms with Gasteiger partial charge in [-0.1, -0.05) is 13.8 Å². The van der Waals surface area contributed by atoms with Crippen LogP contribution in [-0.4, -0.2) is 25.6 Å². The van der Waals surface area contributed by atoms with Crippen molar-refractivity contribution in [1.29, 1.82) is 0 Å². The Morgan fingerprint density at radius 3 is 2.75 bits per heavy atom. The van der Waals surface area contributed by atoms with E-state index in [1.54, 1.807) is 10.9 Å². The van der Waals surface area contributed by atoms with Crippen molar-refractivity contribution >= 4 is 11.2 Å². The first-order chi connectivity index (χ1) is 9.54. The molecule has 2 aromatic rings. The lowest BCUT2D eigenvalue weighted by molar-refractivity contribution is 0.513. The Bertz CT molecular complexity index is 695. The molecule has 0 saturated heterocycles. The van der Waals surface area contributed by atoms with Gasteiger partial charge in [-0.15, -0.1) is 0 Å². The molecule has 0 amide bonds. The maximum absolute atomic E-state index is 12.0. The maximum atomic E-state index is 12.0. The number of nitrogens with one attached hydrogen (secondary N) is 1. The number of hydrogen-bond donors (Lipinski definition) is 2. The van der Waals surface area contributed by atoms with Crippen LogP contribution in [0.25, 0.3) is 11.2 Å². The molecular weight excluding hydrogens is 258 g/mol. The summed E-state index contributed by atoms with van der Waals surface area (Å²) in [6, 6.07) is 0. The number of imidazole rings is 1. The van der Waals surface area contributed by atoms with Gasteiger partial charge in [-0.05, 0) is 25.3 Å². The van der Waals surface area contributed by atoms with Crippen molar-refractivity contribution in [3.63, 3.8) is 0 Å². The van der Waals surface area contributed by atoms with E-state index in [2.05, 4.69) is 9.97 Å². The predicted molar refractivity (Wildman–Crippen MR) is 77.7 cm³/mol. The van der Waals surface area contributed by atoms with Crippen LogP contribution in [0.15, 0.2) is 15.9 Å². The van der Waals surface area contributed by atoms with Crippen molar-refractivity contribution in [1.82, 2.24) is 19.1 Å². The van der Waals surface area contributed by atoms with E-state index < -0.39 is 5.69 Å². The molecule has 20 heavy (non-hydrogen) atoms. The zero-order valence-electron chi connectivity index (χ0n) is 11.9. The molecular formula is C13H21N5O2. The Morgan fingerprint density at radius 1 is 1.35 bits per heavy atom. The molecule has 2 rings (SSSR count). The van der Waals surface area contributed by atoms with Crippen LogP contribution < -0.4 is 17.0 Å². The second-order valence-electron chi connectivity index (χ2n) is 5.37. The predicted octanol–water partition coefficient (Wildman–Crippen LogP) is 0.281. The van der Waals surface area contributed by atoms with Gasteiger partial charge in [0.1, 0.15) is 0 Å². The van der Waals surface area contributed by atoms with E-state index >= 15 is 0 Å². The Morgan fingerprint density at radius 2 is 2.10 bits per heavy atom. The van der Waals surface area contributed by atoms with Crippen LogP contribution in [0.5, 0.6) is 0 Å². The number of nitrogens with two attached hydrogens (primary N) is 1. The van der Waals surface area contributed by atoms with Crippen molar-refractivity contribution in [3.05, 3.63) is 27.2 Å². The molecule has 0 aliphatic heterocycles. The van der Waals surface area contributed by atoms with E-state index in [0.717, 1.165) is 12.8 Å². The molecule has 0 atom stereocenters. The smallest absolute Gasteiger partial charge is 0.330 e. The zero-order chi connectivity index (χ0) is 14.7. The van der Waals surface area contributed by atoms with E-state index in [1.807, 2.05) is 13.8 Å². The third kappa shape index (κ3) is 2.82. The monoisotopic (exact) mass is 279 g/mol. The first-order valence-electron chi connectivity index (χ1n) is 6.92. The number of rotatable bonds is 6. The number of fused-ring (bicyclic) bond motifs is 1. The molecule has 0 bridgehead atoms. The molecule has 0 spiro atoms. The van der Waals surface area contributed by atoms with Gasteiger partial charge >= 0.3 is 5.69 Å². The van der Waals surface area contributed by atoms with E-state index in [4.69, 9.17) is 5.73 Å². The molecule has 3 N–H and O–H groups in total. The molecule has 0 radical (unpaired) electrons. The minimum atomic E-state index is -0.400. The number of aryl methyl sites for hydroxylation is 1. The van der Waals surface area contributed by atoms with Crippen LogP contribution in [0.2, 0.25) is 0 Å². The largest absolute Gasteiger partial charge is 0.330 e. The summed E-state index contributed by atoms with van der Waals surface area (Å²) >= 11 is 0. The fourth-order valence-electron chi connectivity index (χ4n) is 2.25. The van der Waals surface area contributed by atoms with E-state index in [0.29, 0.717) is 36.7 Å². The molecule has 2 heterocycles. The van der Waals surface area contributed by atoms with Crippen LogP contribution in [0.3, 0.4) is 0 Å². The van der Waals surface area contributed by atoms with Crippen LogP contribution in [0.1, 0.15) is 26.7 Å². The standard InChI is InChI=1S/C13H21N5O2/c1-9(2)7-18-11-10(12(19)16-13(18)20)17(8-15-11)6-4-3-5-14/h8-9H,3-7,14H2,1-2H3,(H,16,19,20). The summed E-state index contributed by atoms with van der Waals surface area (Å²) in [5.41, 5.74) is 5.61. The summed E-state index contributed by atoms with van der Waals surface area (Å²) in [6.07, 6.45) is 3.39. The van der Waals surface area contributed by atoms with E-state index in [1.165, 1.54) is 4.57 Å². The first-order valence-corrected chi connectivity index (χ1v) is 6.92. The van der Waals surface area contributed by atoms with Gasteiger partial charge in [0.25, 0.3) is 5.56 Å². The molecule has 0 aliphatic carbocycles. The van der Waals surface area contributed by atoms with Gasteiger partial charge < -0.3 is 10.3 Å². The highest BCUT2D eigenvalue weighted by Gasteiger charge is 2.13. The van der Waals surface area contributed by atoms with Crippen LogP contribution in [0.4, 0.5) is 0 Å². The molecule has 7 nitrogen and oxygen atoms in total. The first kappa shape index (κ1) is 14.5. The Kier molecular flexibility index (Phi) is 4.39. The number of H-pyrrole nitrogens is 1. The lowest BCUT2D eigenvalue weighted by Gasteiger charge is -2.09. The number of unbranched alkanes of at least 4 members (excludes halogenated alkanes) is 1. The minimum Gasteiger partial charge on any atom is -0.330 e. The maximum Gasteiger partial charge on any atom is 0.330 e. The van der Waals surface area contributed by atoms with Gasteiger partial charge in [-0.3, -0.25) is 14.3 Å². The summed E-state index contributed by atoms with van der Waals surface area (Å²) < 4.78 is 3.32. The molecule has 0 saturated carbocycles. The minimum absolute atomic E-state index is 0.296. The van der Waals surface area contributed by atoms with Crippen molar-refractivity contribution < 1.29 is 0 Å². The Balaban J connectivity index is 2.50. The molecule has 0 unspecified atom stereocenters. The highest BCUT2D eigenvalue weighted by atomic mass is 16.2. The fourth-order valence-corrected chi connectivity index (χ4v) is 2.25. The van der Waals surface area contributed by atoms with Gasteiger partial charge in [0.2, 0.25) is 0 Å². The summed E-state index contributed by atoms with van der Waals surface area (Å²) in [6.45, 7) is 5.87. The average Bonchev–Trinajstić information content (AvgIpc) is 2.79. The van der Waals surface area contributed by atoms with E-state index in [9.17, 15) is 9.59 Å². The Hall–Kier alpha value is -1.89. The SMILES string of the molecule is CC(C)Cn1c(=O)[nH]c(=O)c2c1ncn2CCCCN. The van der Waals surface area contributed by atoms with Crippen molar-refractivity contribution in [2.24, 2.45) is 11.7 Å². The summed E-state index contributed by atoms with van der Waals surface area (Å²) in [5.74, 6) is 0.296. The van der Waals surface area contributed by atoms with Gasteiger partial charge in [0.15, 0.2) is 11.2 Å². The summed E-state index contributed by atoms with van der Waals surface area (Å²) in [4.78, 5) is 30.5. The summed E-state index contributed by atoms with van der Waals surface area (Å²) in [7, 11) is 0. The van der Waals surface area contributed by atoms with Crippen molar-refractivity contribution in [2.45, 2.75) is 39.8 Å². The highest BCUT2D eigenvalue weighted by molar-refractivity contribution is 5.69. The van der Waals surface area contributed by atoms with Crippen molar-refractivity contribution in [2.75, 3.05) is 6.54 Å². The van der Waals surface area contributed by atoms with Gasteiger partial charge in [-0.2, -0.15) is 0 Å². The second kappa shape index (κ2) is 6.04. The van der Waals surface area contributed by atoms with Gasteiger partial charge in [0.05, 0.1) is 6.33 Å². The molecule has 2 aromatic heterocycles. The second-order valence-corrected chi connectivity index (χ2v) is 5.37. The number of nitrogens with zero attached hydrogens (tertiary/aromatic N) is 3. The topological polar surface area (TPSA) is 98.7 Å². The lowest BCUT2D eigenvalue weighted by Crippen LogP contribution is -2.32. The molecule has 0 aliphatic rings. The highest BCUT2D eigenvalue weighted by Crippen LogP contribution is 2.09. The zero-order valence-corrected chi connectivity index (χ0v) is 11.9. The lowest BCUT2D eigenvalue weighted by atomic mass is 10.2. The van der Waals surface area contributed by atoms with E-state index in [-0.39, 0.29) is 5.56 Å². The number of aromatic nitrogens is 4. The average molecular weight is 279 g/mol. The van der Waals surface area contributed by atoms with Crippen LogP contribution >= 0.6 is 0 Å². The fraction of sp³-hybridized carbons (Fsp3) is 0.615. The number of hydrogen-bond acceptors (Lipinski definition) is 4. The molecule has 0 fully saturated rings. The summed E-state index contributed by atoms with van der Waals surface area (Å²) in [5, 5.41) is 0. The third-order valence-electron chi connectivity index (χ3n) is 3.16. The van der Waals surface area contributed by atoms with Crippen LogP contribution in [0, 0.1) is 5.92 Å². The molecule has 0 aromatic carbocycles. The Labute approximate surface area is 116 Å². The normalized spacial score (nSPS) is 11.6. The number of aromatic amines is 1. The quantitative estimate of drug-likeness (QED) is 0.742. The molecule has 7 heteroatoms.